The second-order valence-electron chi connectivity index (χ2n) is 18.3. The summed E-state index contributed by atoms with van der Waals surface area (Å²) in [7, 11) is -4.77. The fraction of sp³-hybridized carbons (Fsp3) is 0.683. The van der Waals surface area contributed by atoms with Gasteiger partial charge in [0.2, 0.25) is 0 Å². The molecular weight excluding hydrogens is 928 g/mol. The summed E-state index contributed by atoms with van der Waals surface area (Å²) < 4.78 is 39.4. The molecule has 0 saturated heterocycles. The Morgan fingerprint density at radius 3 is 1.12 bits per heavy atom. The Kier molecular flexibility index (Phi) is 51.0. The molecule has 0 aromatic carbocycles. The molecule has 72 heavy (non-hydrogen) atoms. The van der Waals surface area contributed by atoms with Crippen LogP contribution in [-0.2, 0) is 42.2 Å². The topological polar surface area (TPSA) is 155 Å². The second-order valence-corrected chi connectivity index (χ2v) is 19.8. The molecule has 3 atom stereocenters. The minimum Gasteiger partial charge on any atom is -0.462 e. The molecule has 0 heterocycles. The van der Waals surface area contributed by atoms with Gasteiger partial charge in [0.25, 0.3) is 0 Å². The predicted octanol–water partition coefficient (Wildman–Crippen LogP) is 16.5. The van der Waals surface area contributed by atoms with Crippen LogP contribution in [0.25, 0.3) is 0 Å². The number of unbranched alkanes of at least 4 members (excludes halogenated alkanes) is 18. The SMILES string of the molecule is CC/C=C\C/C=C\C/C=C\CCCCCC(=O)OC(CO)COP(=O)(O)OCC(COC(=O)CCCCCCCCCCC/C=C\C/C=C\CCCCC)OC(=O)CCCCC/C=C\C/C=C\C/C=C\CC. The molecule has 0 saturated carbocycles. The van der Waals surface area contributed by atoms with E-state index in [-0.39, 0.29) is 25.9 Å². The van der Waals surface area contributed by atoms with E-state index >= 15 is 0 Å². The number of esters is 3. The van der Waals surface area contributed by atoms with Crippen LogP contribution in [-0.4, -0.2) is 66.5 Å². The largest absolute Gasteiger partial charge is 0.472 e. The first kappa shape index (κ1) is 68.4. The van der Waals surface area contributed by atoms with Crippen molar-refractivity contribution in [3.8, 4) is 0 Å². The van der Waals surface area contributed by atoms with Crippen LogP contribution in [0.1, 0.15) is 226 Å². The highest BCUT2D eigenvalue weighted by atomic mass is 31.2. The molecule has 3 unspecified atom stereocenters. The first-order valence-corrected chi connectivity index (χ1v) is 29.6. The van der Waals surface area contributed by atoms with Gasteiger partial charge < -0.3 is 24.2 Å². The second kappa shape index (κ2) is 53.7. The summed E-state index contributed by atoms with van der Waals surface area (Å²) in [4.78, 5) is 48.4. The molecule has 2 N–H and O–H groups in total. The van der Waals surface area contributed by atoms with Crippen LogP contribution in [0.3, 0.4) is 0 Å². The van der Waals surface area contributed by atoms with Crippen molar-refractivity contribution in [3.63, 3.8) is 0 Å². The standard InChI is InChI=1S/C60H101O11P/c1-4-7-10-13-16-19-22-25-26-27-28-29-30-33-34-37-40-43-46-49-58(62)67-53-57(71-60(64)51-48-45-42-39-36-32-24-21-18-15-12-9-6-3)55-69-72(65,66)68-54-56(52-61)70-59(63)50-47-44-41-38-35-31-23-20-17-14-11-8-5-2/h8-9,11-12,16-21,25-26,31-32,35-36,56-57,61H,4-7,10,13-15,22-24,27-30,33-34,37-55H2,1-3H3,(H,65,66)/b11-8-,12-9-,19-16-,20-17-,21-18-,26-25-,35-31-,36-32-. The number of rotatable bonds is 51. The Hall–Kier alpha value is -3.60. The van der Waals surface area contributed by atoms with Crippen molar-refractivity contribution in [2.75, 3.05) is 26.4 Å². The van der Waals surface area contributed by atoms with E-state index in [2.05, 4.69) is 118 Å². The van der Waals surface area contributed by atoms with Gasteiger partial charge in [-0.2, -0.15) is 0 Å². The molecular formula is C60H101O11P. The third-order valence-corrected chi connectivity index (χ3v) is 12.4. The first-order chi connectivity index (χ1) is 35.2. The quantitative estimate of drug-likeness (QED) is 0.0197. The number of aliphatic hydroxyl groups is 1. The van der Waals surface area contributed by atoms with Crippen molar-refractivity contribution in [1.29, 1.82) is 0 Å². The van der Waals surface area contributed by atoms with Crippen LogP contribution in [0.5, 0.6) is 0 Å². The van der Waals surface area contributed by atoms with Gasteiger partial charge in [0.05, 0.1) is 19.8 Å². The zero-order chi connectivity index (χ0) is 52.7. The molecule has 0 rings (SSSR count). The monoisotopic (exact) mass is 1030 g/mol. The van der Waals surface area contributed by atoms with E-state index in [1.807, 2.05) is 0 Å². The van der Waals surface area contributed by atoms with E-state index in [9.17, 15) is 28.9 Å². The van der Waals surface area contributed by atoms with Gasteiger partial charge in [0, 0.05) is 19.3 Å². The highest BCUT2D eigenvalue weighted by Gasteiger charge is 2.28. The van der Waals surface area contributed by atoms with Crippen LogP contribution < -0.4 is 0 Å². The first-order valence-electron chi connectivity index (χ1n) is 28.1. The van der Waals surface area contributed by atoms with Gasteiger partial charge in [0.1, 0.15) is 12.7 Å². The molecule has 0 amide bonds. The number of ether oxygens (including phenoxy) is 3. The molecule has 11 nitrogen and oxygen atoms in total. The summed E-state index contributed by atoms with van der Waals surface area (Å²) in [6.45, 7) is 4.31. The maximum atomic E-state index is 12.9. The number of phosphoric ester groups is 1. The number of aliphatic hydroxyl groups excluding tert-OH is 1. The van der Waals surface area contributed by atoms with Crippen LogP contribution in [0.2, 0.25) is 0 Å². The van der Waals surface area contributed by atoms with Crippen molar-refractivity contribution in [2.24, 2.45) is 0 Å². The number of carbonyl (C=O) groups is 3. The van der Waals surface area contributed by atoms with Gasteiger partial charge in [-0.1, -0.05) is 189 Å². The van der Waals surface area contributed by atoms with E-state index in [1.165, 1.54) is 57.8 Å². The Morgan fingerprint density at radius 1 is 0.403 bits per heavy atom. The third-order valence-electron chi connectivity index (χ3n) is 11.5. The van der Waals surface area contributed by atoms with Gasteiger partial charge in [0.15, 0.2) is 6.10 Å². The normalized spacial score (nSPS) is 14.1. The zero-order valence-electron chi connectivity index (χ0n) is 45.4. The van der Waals surface area contributed by atoms with Crippen LogP contribution in [0.15, 0.2) is 97.2 Å². The number of phosphoric acid groups is 1. The molecule has 0 radical (unpaired) electrons. The van der Waals surface area contributed by atoms with Gasteiger partial charge in [-0.25, -0.2) is 4.57 Å². The third kappa shape index (κ3) is 51.3. The lowest BCUT2D eigenvalue weighted by Crippen LogP contribution is -2.30. The van der Waals surface area contributed by atoms with Crippen molar-refractivity contribution >= 4 is 25.7 Å². The zero-order valence-corrected chi connectivity index (χ0v) is 46.3. The molecule has 0 aliphatic heterocycles. The average molecular weight is 1030 g/mol. The highest BCUT2D eigenvalue weighted by Crippen LogP contribution is 2.43. The minimum atomic E-state index is -4.77. The molecule has 12 heteroatoms. The summed E-state index contributed by atoms with van der Waals surface area (Å²) in [5.41, 5.74) is 0. The molecule has 0 fully saturated rings. The average Bonchev–Trinajstić information content (AvgIpc) is 3.37. The number of hydrogen-bond donors (Lipinski definition) is 2. The van der Waals surface area contributed by atoms with E-state index in [0.29, 0.717) is 19.3 Å². The van der Waals surface area contributed by atoms with E-state index in [4.69, 9.17) is 23.3 Å². The van der Waals surface area contributed by atoms with Crippen LogP contribution in [0.4, 0.5) is 0 Å². The highest BCUT2D eigenvalue weighted by molar-refractivity contribution is 7.47. The Balaban J connectivity index is 4.76. The van der Waals surface area contributed by atoms with Gasteiger partial charge in [-0.05, 0) is 116 Å². The minimum absolute atomic E-state index is 0.125. The van der Waals surface area contributed by atoms with Gasteiger partial charge in [-0.3, -0.25) is 23.4 Å². The van der Waals surface area contributed by atoms with E-state index in [0.717, 1.165) is 109 Å². The van der Waals surface area contributed by atoms with Crippen molar-refractivity contribution in [1.82, 2.24) is 0 Å². The van der Waals surface area contributed by atoms with Crippen molar-refractivity contribution < 1.29 is 52.2 Å². The summed E-state index contributed by atoms with van der Waals surface area (Å²) in [6.07, 6.45) is 62.3. The molecule has 0 bridgehead atoms. The van der Waals surface area contributed by atoms with Gasteiger partial charge in [-0.15, -0.1) is 0 Å². The lowest BCUT2D eigenvalue weighted by molar-refractivity contribution is -0.161. The lowest BCUT2D eigenvalue weighted by atomic mass is 10.1. The fourth-order valence-corrected chi connectivity index (χ4v) is 8.02. The Labute approximate surface area is 438 Å². The van der Waals surface area contributed by atoms with Crippen molar-refractivity contribution in [3.05, 3.63) is 97.2 Å². The van der Waals surface area contributed by atoms with Crippen LogP contribution in [0, 0.1) is 0 Å². The number of allylic oxidation sites excluding steroid dienone is 16. The summed E-state index contributed by atoms with van der Waals surface area (Å²) >= 11 is 0. The molecule has 0 aromatic rings. The molecule has 0 aromatic heterocycles. The summed E-state index contributed by atoms with van der Waals surface area (Å²) in [5.74, 6) is -1.54. The lowest BCUT2D eigenvalue weighted by Gasteiger charge is -2.21. The predicted molar refractivity (Wildman–Crippen MR) is 297 cm³/mol. The molecule has 412 valence electrons. The smallest absolute Gasteiger partial charge is 0.462 e. The van der Waals surface area contributed by atoms with E-state index < -0.39 is 57.8 Å². The number of hydrogen-bond acceptors (Lipinski definition) is 10. The maximum Gasteiger partial charge on any atom is 0.472 e. The Bertz CT molecular complexity index is 1580. The Morgan fingerprint density at radius 2 is 0.722 bits per heavy atom. The van der Waals surface area contributed by atoms with E-state index in [1.54, 1.807) is 0 Å². The van der Waals surface area contributed by atoms with Gasteiger partial charge >= 0.3 is 25.7 Å². The molecule has 0 aliphatic carbocycles. The summed E-state index contributed by atoms with van der Waals surface area (Å²) in [5, 5.41) is 9.79. The fourth-order valence-electron chi connectivity index (χ4n) is 7.24. The van der Waals surface area contributed by atoms with Crippen LogP contribution >= 0.6 is 7.82 Å². The molecule has 0 aliphatic rings. The molecule has 0 spiro atoms. The number of carbonyl (C=O) groups excluding carboxylic acids is 3. The maximum absolute atomic E-state index is 12.9. The summed E-state index contributed by atoms with van der Waals surface area (Å²) in [6, 6.07) is 0. The van der Waals surface area contributed by atoms with Crippen molar-refractivity contribution in [2.45, 2.75) is 238 Å².